The molecule has 0 aliphatic carbocycles. The summed E-state index contributed by atoms with van der Waals surface area (Å²) in [6, 6.07) is -0.997. The third-order valence-electron chi connectivity index (χ3n) is 10.3. The van der Waals surface area contributed by atoms with Gasteiger partial charge >= 0.3 is 0 Å². The second-order valence-corrected chi connectivity index (χ2v) is 15.3. The van der Waals surface area contributed by atoms with Gasteiger partial charge in [0.1, 0.15) is 30.5 Å². The van der Waals surface area contributed by atoms with Crippen molar-refractivity contribution in [2.24, 2.45) is 0 Å². The first-order valence-electron chi connectivity index (χ1n) is 21.8. The zero-order chi connectivity index (χ0) is 39.7. The fraction of sp³-hybridized carbons (Fsp3) is 0.841. The molecule has 1 heterocycles. The van der Waals surface area contributed by atoms with E-state index in [1.165, 1.54) is 103 Å². The van der Waals surface area contributed by atoms with Gasteiger partial charge in [-0.2, -0.15) is 0 Å². The quantitative estimate of drug-likeness (QED) is 0.0256. The first-order chi connectivity index (χ1) is 26.3. The maximum absolute atomic E-state index is 13.0. The zero-order valence-corrected chi connectivity index (χ0v) is 34.1. The molecule has 1 aliphatic heterocycles. The fourth-order valence-electron chi connectivity index (χ4n) is 6.64. The average molecular weight is 768 g/mol. The summed E-state index contributed by atoms with van der Waals surface area (Å²) in [5.41, 5.74) is 0. The van der Waals surface area contributed by atoms with Crippen molar-refractivity contribution in [3.63, 3.8) is 0 Å². The van der Waals surface area contributed by atoms with E-state index in [1.54, 1.807) is 6.08 Å². The Morgan fingerprint density at radius 1 is 0.630 bits per heavy atom. The second-order valence-electron chi connectivity index (χ2n) is 15.3. The number of carbonyl (C=O) groups excluding carboxylic acids is 1. The van der Waals surface area contributed by atoms with Gasteiger partial charge in [0.25, 0.3) is 0 Å². The van der Waals surface area contributed by atoms with Gasteiger partial charge in [-0.1, -0.05) is 153 Å². The van der Waals surface area contributed by atoms with Crippen molar-refractivity contribution in [1.82, 2.24) is 5.32 Å². The van der Waals surface area contributed by atoms with E-state index >= 15 is 0 Å². The minimum Gasteiger partial charge on any atom is -0.394 e. The molecular formula is C44H81NO9. The highest BCUT2D eigenvalue weighted by Crippen LogP contribution is 2.22. The Morgan fingerprint density at radius 3 is 1.61 bits per heavy atom. The highest BCUT2D eigenvalue weighted by atomic mass is 16.7. The van der Waals surface area contributed by atoms with Crippen LogP contribution < -0.4 is 5.32 Å². The number of aliphatic hydroxyl groups is 6. The van der Waals surface area contributed by atoms with E-state index in [0.717, 1.165) is 38.5 Å². The molecule has 7 N–H and O–H groups in total. The standard InChI is InChI=1S/C44H81NO9/c1-3-5-7-9-11-13-15-17-18-19-21-23-25-27-29-31-33-38(48)43(52)45-36(35-53-44-42(51)41(50)40(49)39(34-46)54-44)37(47)32-30-28-26-24-22-20-16-14-12-10-8-6-4-2/h17-18,22,24,30,32,36-42,44,46-51H,3-16,19-21,23,25-29,31,33-35H2,1-2H3,(H,45,52)/b18-17-,24-22+,32-30+. The minimum atomic E-state index is -1.61. The predicted octanol–water partition coefficient (Wildman–Crippen LogP) is 7.47. The molecule has 1 aliphatic rings. The van der Waals surface area contributed by atoms with Crippen LogP contribution in [0.1, 0.15) is 174 Å². The molecule has 1 fully saturated rings. The fourth-order valence-corrected chi connectivity index (χ4v) is 6.64. The van der Waals surface area contributed by atoms with Crippen molar-refractivity contribution in [3.8, 4) is 0 Å². The van der Waals surface area contributed by atoms with Gasteiger partial charge in [0.2, 0.25) is 5.91 Å². The summed E-state index contributed by atoms with van der Waals surface area (Å²) < 4.78 is 11.1. The molecule has 10 nitrogen and oxygen atoms in total. The molecule has 0 aromatic rings. The van der Waals surface area contributed by atoms with E-state index in [0.29, 0.717) is 19.3 Å². The minimum absolute atomic E-state index is 0.296. The number of hydrogen-bond donors (Lipinski definition) is 7. The Balaban J connectivity index is 2.48. The van der Waals surface area contributed by atoms with Crippen LogP contribution >= 0.6 is 0 Å². The number of hydrogen-bond acceptors (Lipinski definition) is 9. The summed E-state index contributed by atoms with van der Waals surface area (Å²) in [5.74, 6) is -0.633. The Bertz CT molecular complexity index is 958. The van der Waals surface area contributed by atoms with Crippen molar-refractivity contribution in [2.75, 3.05) is 13.2 Å². The summed E-state index contributed by atoms with van der Waals surface area (Å²) in [6.07, 6.45) is 30.9. The first kappa shape index (κ1) is 50.4. The molecule has 1 rings (SSSR count). The number of nitrogens with one attached hydrogen (secondary N) is 1. The third kappa shape index (κ3) is 24.8. The first-order valence-corrected chi connectivity index (χ1v) is 21.8. The topological polar surface area (TPSA) is 169 Å². The van der Waals surface area contributed by atoms with Crippen LogP contribution in [0, 0.1) is 0 Å². The molecule has 54 heavy (non-hydrogen) atoms. The van der Waals surface area contributed by atoms with Crippen molar-refractivity contribution in [2.45, 2.75) is 223 Å². The van der Waals surface area contributed by atoms with Crippen LogP contribution in [-0.4, -0.2) is 98.7 Å². The summed E-state index contributed by atoms with van der Waals surface area (Å²) in [4.78, 5) is 13.0. The van der Waals surface area contributed by atoms with E-state index in [1.807, 2.05) is 6.08 Å². The van der Waals surface area contributed by atoms with Crippen LogP contribution in [0.4, 0.5) is 0 Å². The van der Waals surface area contributed by atoms with Gasteiger partial charge in [-0.15, -0.1) is 0 Å². The zero-order valence-electron chi connectivity index (χ0n) is 34.1. The normalized spacial score (nSPS) is 22.4. The van der Waals surface area contributed by atoms with Crippen molar-refractivity contribution < 1.29 is 44.9 Å². The van der Waals surface area contributed by atoms with Crippen LogP contribution in [-0.2, 0) is 14.3 Å². The lowest BCUT2D eigenvalue weighted by Crippen LogP contribution is -2.60. The van der Waals surface area contributed by atoms with Crippen molar-refractivity contribution in [3.05, 3.63) is 36.5 Å². The SMILES string of the molecule is CCCCCCCC/C=C\CCCCCCCCC(O)C(=O)NC(COC1OC(CO)C(O)C(O)C1O)C(O)/C=C/CC/C=C/CCCCCCCCC. The number of rotatable bonds is 35. The molecule has 8 unspecified atom stereocenters. The van der Waals surface area contributed by atoms with Crippen LogP contribution in [0.2, 0.25) is 0 Å². The number of amides is 1. The number of aliphatic hydroxyl groups excluding tert-OH is 6. The molecule has 0 spiro atoms. The van der Waals surface area contributed by atoms with E-state index in [2.05, 4.69) is 43.5 Å². The van der Waals surface area contributed by atoms with E-state index in [9.17, 15) is 35.4 Å². The number of ether oxygens (including phenoxy) is 2. The number of carbonyl (C=O) groups is 1. The van der Waals surface area contributed by atoms with Gasteiger partial charge in [-0.25, -0.2) is 0 Å². The summed E-state index contributed by atoms with van der Waals surface area (Å²) in [7, 11) is 0. The molecule has 0 radical (unpaired) electrons. The summed E-state index contributed by atoms with van der Waals surface area (Å²) in [5, 5.41) is 64.5. The smallest absolute Gasteiger partial charge is 0.249 e. The molecule has 0 bridgehead atoms. The second kappa shape index (κ2) is 34.6. The molecule has 1 saturated heterocycles. The Kier molecular flexibility index (Phi) is 32.3. The lowest BCUT2D eigenvalue weighted by Gasteiger charge is -2.40. The van der Waals surface area contributed by atoms with Gasteiger partial charge in [0.15, 0.2) is 6.29 Å². The van der Waals surface area contributed by atoms with Crippen LogP contribution in [0.3, 0.4) is 0 Å². The van der Waals surface area contributed by atoms with Gasteiger partial charge < -0.3 is 45.4 Å². The maximum Gasteiger partial charge on any atom is 0.249 e. The maximum atomic E-state index is 13.0. The van der Waals surface area contributed by atoms with E-state index < -0.39 is 61.5 Å². The predicted molar refractivity (Wildman–Crippen MR) is 218 cm³/mol. The molecule has 316 valence electrons. The van der Waals surface area contributed by atoms with Crippen LogP contribution in [0.5, 0.6) is 0 Å². The third-order valence-corrected chi connectivity index (χ3v) is 10.3. The lowest BCUT2D eigenvalue weighted by molar-refractivity contribution is -0.302. The Labute approximate surface area is 328 Å². The van der Waals surface area contributed by atoms with Gasteiger partial charge in [0, 0.05) is 0 Å². The van der Waals surface area contributed by atoms with Gasteiger partial charge in [-0.05, 0) is 57.8 Å². The molecule has 0 saturated carbocycles. The molecule has 0 aromatic carbocycles. The van der Waals surface area contributed by atoms with Gasteiger partial charge in [-0.3, -0.25) is 4.79 Å². The van der Waals surface area contributed by atoms with Crippen molar-refractivity contribution in [1.29, 1.82) is 0 Å². The summed E-state index contributed by atoms with van der Waals surface area (Å²) in [6.45, 7) is 3.55. The van der Waals surface area contributed by atoms with Crippen LogP contribution in [0.25, 0.3) is 0 Å². The van der Waals surface area contributed by atoms with Crippen LogP contribution in [0.15, 0.2) is 36.5 Å². The van der Waals surface area contributed by atoms with Crippen molar-refractivity contribution >= 4 is 5.91 Å². The highest BCUT2D eigenvalue weighted by molar-refractivity contribution is 5.80. The average Bonchev–Trinajstić information content (AvgIpc) is 3.17. The highest BCUT2D eigenvalue weighted by Gasteiger charge is 2.44. The monoisotopic (exact) mass is 768 g/mol. The Hall–Kier alpha value is -1.63. The van der Waals surface area contributed by atoms with E-state index in [-0.39, 0.29) is 6.61 Å². The molecule has 10 heteroatoms. The number of allylic oxidation sites excluding steroid dienone is 5. The molecule has 1 amide bonds. The largest absolute Gasteiger partial charge is 0.394 e. The molecular weight excluding hydrogens is 686 g/mol. The summed E-state index contributed by atoms with van der Waals surface area (Å²) >= 11 is 0. The molecule has 0 aromatic heterocycles. The van der Waals surface area contributed by atoms with Gasteiger partial charge in [0.05, 0.1) is 25.4 Å². The Morgan fingerprint density at radius 2 is 1.09 bits per heavy atom. The van der Waals surface area contributed by atoms with E-state index in [4.69, 9.17) is 9.47 Å². The lowest BCUT2D eigenvalue weighted by atomic mass is 9.99. The number of unbranched alkanes of at least 4 members (excludes halogenated alkanes) is 20. The molecule has 8 atom stereocenters.